The maximum Gasteiger partial charge on any atom is 0.312 e. The molecule has 0 aliphatic heterocycles. The summed E-state index contributed by atoms with van der Waals surface area (Å²) in [5, 5.41) is 17.0. The highest BCUT2D eigenvalue weighted by Crippen LogP contribution is 2.36. The van der Waals surface area contributed by atoms with Crippen molar-refractivity contribution in [1.29, 1.82) is 0 Å². The minimum atomic E-state index is -1.33. The van der Waals surface area contributed by atoms with Crippen LogP contribution in [-0.4, -0.2) is 51.9 Å². The molecule has 2 atom stereocenters. The Kier molecular flexibility index (Phi) is 6.36. The van der Waals surface area contributed by atoms with Crippen LogP contribution < -0.4 is 0 Å². The molecule has 0 amide bonds. The molecule has 0 aliphatic rings. The van der Waals surface area contributed by atoms with Crippen LogP contribution in [-0.2, 0) is 19.1 Å². The van der Waals surface area contributed by atoms with Gasteiger partial charge in [0.2, 0.25) is 0 Å². The van der Waals surface area contributed by atoms with Crippen molar-refractivity contribution < 1.29 is 29.3 Å². The van der Waals surface area contributed by atoms with E-state index in [1.165, 1.54) is 6.92 Å². The van der Waals surface area contributed by atoms with Crippen LogP contribution in [0.1, 0.15) is 20.8 Å². The quantitative estimate of drug-likeness (QED) is 0.462. The summed E-state index contributed by atoms with van der Waals surface area (Å²) in [5.41, 5.74) is 0. The zero-order chi connectivity index (χ0) is 13.6. The second-order valence-electron chi connectivity index (χ2n) is 4.12. The Labute approximate surface area is 103 Å². The summed E-state index contributed by atoms with van der Waals surface area (Å²) in [7, 11) is 0.185. The highest BCUT2D eigenvalue weighted by molar-refractivity contribution is 6.28. The van der Waals surface area contributed by atoms with Gasteiger partial charge >= 0.3 is 11.9 Å². The van der Waals surface area contributed by atoms with E-state index in [9.17, 15) is 14.7 Å². The molecular weight excluding hydrogens is 244 g/mol. The molecule has 0 bridgehead atoms. The largest absolute Gasteiger partial charge is 0.481 e. The van der Waals surface area contributed by atoms with Crippen LogP contribution in [0.25, 0.3) is 0 Å². The van der Waals surface area contributed by atoms with Gasteiger partial charge in [-0.05, 0) is 13.8 Å². The lowest BCUT2D eigenvalue weighted by Crippen LogP contribution is -2.44. The van der Waals surface area contributed by atoms with Gasteiger partial charge in [-0.15, -0.1) is 0 Å². The van der Waals surface area contributed by atoms with E-state index in [0.717, 1.165) is 0 Å². The molecule has 2 N–H and O–H groups in total. The Balaban J connectivity index is 5.17. The molecule has 0 aromatic heterocycles. The first-order valence-electron chi connectivity index (χ1n) is 5.48. The predicted molar refractivity (Wildman–Crippen MR) is 64.1 cm³/mol. The van der Waals surface area contributed by atoms with E-state index in [0.29, 0.717) is 0 Å². The van der Waals surface area contributed by atoms with Gasteiger partial charge in [0.25, 0.3) is 0 Å². The minimum Gasteiger partial charge on any atom is -0.481 e. The first-order valence-corrected chi connectivity index (χ1v) is 6.48. The van der Waals surface area contributed by atoms with Gasteiger partial charge in [0.05, 0.1) is 5.04 Å². The highest BCUT2D eigenvalue weighted by atomic mass is 28.1. The molecule has 0 fully saturated rings. The molecule has 0 aromatic carbocycles. The predicted octanol–water partition coefficient (Wildman–Crippen LogP) is -0.285. The molecule has 0 rings (SSSR count). The summed E-state index contributed by atoms with van der Waals surface area (Å²) < 4.78 is 10.4. The van der Waals surface area contributed by atoms with Crippen LogP contribution in [0.15, 0.2) is 0 Å². The smallest absolute Gasteiger partial charge is 0.312 e. The molecule has 0 aliphatic carbocycles. The van der Waals surface area contributed by atoms with Crippen molar-refractivity contribution in [3.8, 4) is 0 Å². The van der Waals surface area contributed by atoms with Crippen molar-refractivity contribution >= 4 is 22.2 Å². The number of rotatable bonds is 8. The number of aliphatic carboxylic acids is 2. The molecule has 0 saturated heterocycles. The molecule has 0 spiro atoms. The fourth-order valence-electron chi connectivity index (χ4n) is 1.47. The van der Waals surface area contributed by atoms with Crippen LogP contribution >= 0.6 is 0 Å². The van der Waals surface area contributed by atoms with Gasteiger partial charge in [-0.3, -0.25) is 9.59 Å². The monoisotopic (exact) mass is 264 g/mol. The normalized spacial score (nSPS) is 16.7. The minimum absolute atomic E-state index is 0.185. The van der Waals surface area contributed by atoms with Crippen molar-refractivity contribution in [3.63, 3.8) is 0 Å². The van der Waals surface area contributed by atoms with Gasteiger partial charge in [-0.1, -0.05) is 6.92 Å². The van der Waals surface area contributed by atoms with Crippen LogP contribution in [0.4, 0.5) is 0 Å². The molecular formula is C10H20O6Si. The summed E-state index contributed by atoms with van der Waals surface area (Å²) >= 11 is 0. The molecule has 7 heteroatoms. The van der Waals surface area contributed by atoms with E-state index in [4.69, 9.17) is 14.6 Å². The first kappa shape index (κ1) is 16.1. The van der Waals surface area contributed by atoms with Gasteiger partial charge in [0, 0.05) is 23.5 Å². The van der Waals surface area contributed by atoms with E-state index in [2.05, 4.69) is 0 Å². The Hall–Kier alpha value is -0.923. The number of hydrogen-bond donors (Lipinski definition) is 2. The zero-order valence-electron chi connectivity index (χ0n) is 10.6. The topological polar surface area (TPSA) is 93.1 Å². The lowest BCUT2D eigenvalue weighted by molar-refractivity contribution is -0.195. The number of hydrogen-bond acceptors (Lipinski definition) is 4. The van der Waals surface area contributed by atoms with Crippen LogP contribution in [0.5, 0.6) is 0 Å². The summed E-state index contributed by atoms with van der Waals surface area (Å²) in [5.74, 6) is -3.55. The SMILES string of the molecule is CCOC(OCC)C(C(=O)O)C(C)([SiH3])C(=O)O. The fourth-order valence-corrected chi connectivity index (χ4v) is 1.99. The average Bonchev–Trinajstić information content (AvgIpc) is 2.17. The third-order valence-electron chi connectivity index (χ3n) is 2.53. The van der Waals surface area contributed by atoms with Crippen molar-refractivity contribution in [3.05, 3.63) is 0 Å². The molecule has 6 nitrogen and oxygen atoms in total. The average molecular weight is 264 g/mol. The van der Waals surface area contributed by atoms with E-state index >= 15 is 0 Å². The summed E-state index contributed by atoms with van der Waals surface area (Å²) in [6.07, 6.45) is -1.03. The lowest BCUT2D eigenvalue weighted by Gasteiger charge is -2.32. The second kappa shape index (κ2) is 6.73. The van der Waals surface area contributed by atoms with Crippen molar-refractivity contribution in [2.45, 2.75) is 32.1 Å². The first-order chi connectivity index (χ1) is 7.78. The molecule has 0 heterocycles. The number of carboxylic acids is 2. The molecule has 2 unspecified atom stereocenters. The number of carboxylic acid groups (broad SMARTS) is 2. The zero-order valence-corrected chi connectivity index (χ0v) is 12.6. The van der Waals surface area contributed by atoms with Crippen LogP contribution in [0.3, 0.4) is 0 Å². The molecule has 17 heavy (non-hydrogen) atoms. The van der Waals surface area contributed by atoms with Gasteiger partial charge in [-0.2, -0.15) is 0 Å². The third kappa shape index (κ3) is 4.10. The maximum atomic E-state index is 11.2. The fraction of sp³-hybridized carbons (Fsp3) is 0.800. The van der Waals surface area contributed by atoms with Gasteiger partial charge in [-0.25, -0.2) is 0 Å². The molecule has 100 valence electrons. The van der Waals surface area contributed by atoms with Crippen LogP contribution in [0, 0.1) is 5.92 Å². The summed E-state index contributed by atoms with van der Waals surface area (Å²) in [4.78, 5) is 22.4. The van der Waals surface area contributed by atoms with E-state index in [-0.39, 0.29) is 23.5 Å². The maximum absolute atomic E-state index is 11.2. The van der Waals surface area contributed by atoms with E-state index in [1.54, 1.807) is 13.8 Å². The van der Waals surface area contributed by atoms with Crippen LogP contribution in [0.2, 0.25) is 5.04 Å². The van der Waals surface area contributed by atoms with Crippen molar-refractivity contribution in [2.24, 2.45) is 5.92 Å². The molecule has 0 radical (unpaired) electrons. The summed E-state index contributed by atoms with van der Waals surface area (Å²) in [6, 6.07) is 0. The van der Waals surface area contributed by atoms with Gasteiger partial charge in [0.1, 0.15) is 5.92 Å². The number of carbonyl (C=O) groups is 2. The molecule has 0 saturated carbocycles. The van der Waals surface area contributed by atoms with E-state index < -0.39 is 29.2 Å². The number of ether oxygens (including phenoxy) is 2. The van der Waals surface area contributed by atoms with Gasteiger partial charge in [0.15, 0.2) is 6.29 Å². The third-order valence-corrected chi connectivity index (χ3v) is 3.58. The Morgan fingerprint density at radius 3 is 1.88 bits per heavy atom. The Morgan fingerprint density at radius 2 is 1.65 bits per heavy atom. The Morgan fingerprint density at radius 1 is 1.24 bits per heavy atom. The lowest BCUT2D eigenvalue weighted by atomic mass is 9.92. The summed E-state index contributed by atoms with van der Waals surface area (Å²) in [6.45, 7) is 5.36. The highest BCUT2D eigenvalue weighted by Gasteiger charge is 2.47. The standard InChI is InChI=1S/C10H20O6Si/c1-4-15-8(16-5-2)6(7(11)12)10(3,17)9(13)14/h6,8H,4-5H2,1-3,17H3,(H,11,12)(H,13,14). The van der Waals surface area contributed by atoms with Crippen molar-refractivity contribution in [1.82, 2.24) is 0 Å². The second-order valence-corrected chi connectivity index (χ2v) is 6.20. The molecule has 0 aromatic rings. The Bertz CT molecular complexity index is 272. The van der Waals surface area contributed by atoms with Gasteiger partial charge < -0.3 is 19.7 Å². The van der Waals surface area contributed by atoms with Crippen molar-refractivity contribution in [2.75, 3.05) is 13.2 Å². The van der Waals surface area contributed by atoms with E-state index in [1.807, 2.05) is 0 Å².